The van der Waals surface area contributed by atoms with E-state index in [1.54, 1.807) is 0 Å². The molecular weight excluding hydrogens is 248 g/mol. The van der Waals surface area contributed by atoms with Gasteiger partial charge in [-0.25, -0.2) is 0 Å². The van der Waals surface area contributed by atoms with Gasteiger partial charge in [-0.1, -0.05) is 58.9 Å². The highest BCUT2D eigenvalue weighted by atomic mass is 16.6. The lowest BCUT2D eigenvalue weighted by Crippen LogP contribution is -2.24. The third-order valence-electron chi connectivity index (χ3n) is 3.67. The second-order valence-electron chi connectivity index (χ2n) is 6.52. The second kappa shape index (κ2) is 8.43. The molecule has 2 unspecified atom stereocenters. The minimum Gasteiger partial charge on any atom is -0.368 e. The van der Waals surface area contributed by atoms with Crippen molar-refractivity contribution in [2.75, 3.05) is 6.61 Å². The molecule has 0 aliphatic heterocycles. The maximum atomic E-state index is 10.0. The van der Waals surface area contributed by atoms with Gasteiger partial charge in [0.15, 0.2) is 6.29 Å². The van der Waals surface area contributed by atoms with E-state index >= 15 is 0 Å². The van der Waals surface area contributed by atoms with Gasteiger partial charge in [0.05, 0.1) is 0 Å². The van der Waals surface area contributed by atoms with Gasteiger partial charge in [0.1, 0.15) is 0 Å². The summed E-state index contributed by atoms with van der Waals surface area (Å²) in [6, 6.07) is 8.68. The number of ether oxygens (including phenoxy) is 1. The first-order chi connectivity index (χ1) is 9.40. The van der Waals surface area contributed by atoms with Gasteiger partial charge >= 0.3 is 0 Å². The molecule has 0 aromatic heterocycles. The Hall–Kier alpha value is -0.860. The lowest BCUT2D eigenvalue weighted by molar-refractivity contribution is -0.131. The Morgan fingerprint density at radius 1 is 1.00 bits per heavy atom. The highest BCUT2D eigenvalue weighted by molar-refractivity contribution is 5.24. The molecule has 0 spiro atoms. The van der Waals surface area contributed by atoms with Crippen LogP contribution in [0.5, 0.6) is 0 Å². The Bertz CT molecular complexity index is 368. The summed E-state index contributed by atoms with van der Waals surface area (Å²) >= 11 is 0. The summed E-state index contributed by atoms with van der Waals surface area (Å²) in [5.41, 5.74) is 2.61. The zero-order valence-electron chi connectivity index (χ0n) is 13.6. The Balaban J connectivity index is 2.42. The molecule has 0 bridgehead atoms. The van der Waals surface area contributed by atoms with Crippen molar-refractivity contribution in [2.24, 2.45) is 11.8 Å². The Morgan fingerprint density at radius 2 is 1.60 bits per heavy atom. The van der Waals surface area contributed by atoms with Crippen molar-refractivity contribution in [3.8, 4) is 0 Å². The zero-order valence-corrected chi connectivity index (χ0v) is 13.6. The van der Waals surface area contributed by atoms with Crippen LogP contribution >= 0.6 is 0 Å². The largest absolute Gasteiger partial charge is 0.368 e. The number of aliphatic hydroxyl groups excluding tert-OH is 1. The lowest BCUT2D eigenvalue weighted by atomic mass is 9.97. The van der Waals surface area contributed by atoms with E-state index in [0.29, 0.717) is 18.4 Å². The first-order valence-corrected chi connectivity index (χ1v) is 7.78. The van der Waals surface area contributed by atoms with Crippen LogP contribution in [-0.4, -0.2) is 18.0 Å². The van der Waals surface area contributed by atoms with Gasteiger partial charge in [-0.2, -0.15) is 0 Å². The van der Waals surface area contributed by atoms with Crippen molar-refractivity contribution in [1.29, 1.82) is 0 Å². The van der Waals surface area contributed by atoms with Crippen molar-refractivity contribution in [3.05, 3.63) is 35.4 Å². The highest BCUT2D eigenvalue weighted by Crippen LogP contribution is 2.18. The molecule has 1 aromatic carbocycles. The normalized spacial score (nSPS) is 14.8. The van der Waals surface area contributed by atoms with E-state index in [9.17, 15) is 5.11 Å². The fourth-order valence-electron chi connectivity index (χ4n) is 2.10. The fraction of sp³-hybridized carbons (Fsp3) is 0.667. The Labute approximate surface area is 124 Å². The maximum Gasteiger partial charge on any atom is 0.157 e. The summed E-state index contributed by atoms with van der Waals surface area (Å²) in [5, 5.41) is 10.0. The van der Waals surface area contributed by atoms with Crippen LogP contribution in [0, 0.1) is 11.8 Å². The van der Waals surface area contributed by atoms with Crippen LogP contribution in [0.25, 0.3) is 0 Å². The van der Waals surface area contributed by atoms with Crippen molar-refractivity contribution in [3.63, 3.8) is 0 Å². The van der Waals surface area contributed by atoms with E-state index in [1.807, 2.05) is 6.92 Å². The summed E-state index contributed by atoms with van der Waals surface area (Å²) in [7, 11) is 0. The molecule has 0 saturated heterocycles. The van der Waals surface area contributed by atoms with Gasteiger partial charge in [-0.15, -0.1) is 0 Å². The molecule has 0 heterocycles. The van der Waals surface area contributed by atoms with Gasteiger partial charge in [0.2, 0.25) is 0 Å². The molecule has 20 heavy (non-hydrogen) atoms. The third kappa shape index (κ3) is 6.06. The molecule has 1 rings (SSSR count). The summed E-state index contributed by atoms with van der Waals surface area (Å²) in [6.45, 7) is 11.4. The van der Waals surface area contributed by atoms with E-state index in [-0.39, 0.29) is 5.92 Å². The van der Waals surface area contributed by atoms with Gasteiger partial charge in [-0.05, 0) is 35.8 Å². The number of rotatable bonds is 8. The maximum absolute atomic E-state index is 10.0. The number of aliphatic hydroxyl groups is 1. The molecule has 0 aliphatic rings. The summed E-state index contributed by atoms with van der Waals surface area (Å²) in [6.07, 6.45) is 1.17. The Kier molecular flexibility index (Phi) is 7.25. The first-order valence-electron chi connectivity index (χ1n) is 7.78. The standard InChI is InChI=1S/C18H30O2/c1-13(2)10-11-20-18(19)15(5)12-16-6-8-17(9-7-16)14(3)4/h6-9,13-15,18-19H,10-12H2,1-5H3. The van der Waals surface area contributed by atoms with E-state index in [1.165, 1.54) is 11.1 Å². The van der Waals surface area contributed by atoms with Crippen LogP contribution in [0.2, 0.25) is 0 Å². The molecule has 0 amide bonds. The molecule has 2 nitrogen and oxygen atoms in total. The third-order valence-corrected chi connectivity index (χ3v) is 3.67. The quantitative estimate of drug-likeness (QED) is 0.715. The molecule has 0 fully saturated rings. The molecule has 1 aromatic rings. The molecule has 1 N–H and O–H groups in total. The topological polar surface area (TPSA) is 29.5 Å². The van der Waals surface area contributed by atoms with E-state index in [4.69, 9.17) is 4.74 Å². The number of benzene rings is 1. The molecule has 2 heteroatoms. The number of hydrogen-bond donors (Lipinski definition) is 1. The Morgan fingerprint density at radius 3 is 2.10 bits per heavy atom. The van der Waals surface area contributed by atoms with Crippen LogP contribution in [0.3, 0.4) is 0 Å². The SMILES string of the molecule is CC(C)CCOC(O)C(C)Cc1ccc(C(C)C)cc1. The average molecular weight is 278 g/mol. The van der Waals surface area contributed by atoms with Crippen LogP contribution in [-0.2, 0) is 11.2 Å². The molecule has 0 aliphatic carbocycles. The van der Waals surface area contributed by atoms with Gasteiger partial charge in [0, 0.05) is 12.5 Å². The molecule has 2 atom stereocenters. The predicted octanol–water partition coefficient (Wildman–Crippen LogP) is 4.37. The van der Waals surface area contributed by atoms with Crippen LogP contribution in [0.4, 0.5) is 0 Å². The van der Waals surface area contributed by atoms with E-state index in [2.05, 4.69) is 52.0 Å². The van der Waals surface area contributed by atoms with Crippen LogP contribution in [0.15, 0.2) is 24.3 Å². The molecule has 0 saturated carbocycles. The zero-order chi connectivity index (χ0) is 15.1. The van der Waals surface area contributed by atoms with Gasteiger partial charge in [0.25, 0.3) is 0 Å². The number of hydrogen-bond acceptors (Lipinski definition) is 2. The lowest BCUT2D eigenvalue weighted by Gasteiger charge is -2.20. The van der Waals surface area contributed by atoms with Crippen molar-refractivity contribution in [2.45, 2.75) is 59.7 Å². The van der Waals surface area contributed by atoms with Gasteiger partial charge < -0.3 is 9.84 Å². The summed E-state index contributed by atoms with van der Waals surface area (Å²) in [5.74, 6) is 1.29. The average Bonchev–Trinajstić information content (AvgIpc) is 2.38. The van der Waals surface area contributed by atoms with Crippen molar-refractivity contribution in [1.82, 2.24) is 0 Å². The monoisotopic (exact) mass is 278 g/mol. The van der Waals surface area contributed by atoms with Crippen LogP contribution in [0.1, 0.15) is 58.1 Å². The van der Waals surface area contributed by atoms with Crippen LogP contribution < -0.4 is 0 Å². The molecule has 114 valence electrons. The molecular formula is C18H30O2. The summed E-state index contributed by atoms with van der Waals surface area (Å²) in [4.78, 5) is 0. The summed E-state index contributed by atoms with van der Waals surface area (Å²) < 4.78 is 5.50. The minimum atomic E-state index is -0.668. The highest BCUT2D eigenvalue weighted by Gasteiger charge is 2.15. The van der Waals surface area contributed by atoms with Crippen molar-refractivity contribution >= 4 is 0 Å². The van der Waals surface area contributed by atoms with Gasteiger partial charge in [-0.3, -0.25) is 0 Å². The second-order valence-corrected chi connectivity index (χ2v) is 6.52. The predicted molar refractivity (Wildman–Crippen MR) is 84.8 cm³/mol. The minimum absolute atomic E-state index is 0.118. The van der Waals surface area contributed by atoms with E-state index in [0.717, 1.165) is 12.8 Å². The first kappa shape index (κ1) is 17.2. The smallest absolute Gasteiger partial charge is 0.157 e. The van der Waals surface area contributed by atoms with E-state index < -0.39 is 6.29 Å². The fourth-order valence-corrected chi connectivity index (χ4v) is 2.10. The molecule has 0 radical (unpaired) electrons. The van der Waals surface area contributed by atoms with Crippen molar-refractivity contribution < 1.29 is 9.84 Å².